The van der Waals surface area contributed by atoms with E-state index in [1.807, 2.05) is 44.2 Å². The molecular formula is C22H21Cl2N3O2. The van der Waals surface area contributed by atoms with E-state index in [0.29, 0.717) is 23.1 Å². The minimum atomic E-state index is -0.590. The second-order valence-corrected chi connectivity index (χ2v) is 8.83. The number of nitrogens with zero attached hydrogens (tertiary/aromatic N) is 1. The standard InChI is InChI=1S/C22H21Cl2N3O2/c1-4-18(28)27-11-22(12-27,15-6-5-7-16(23)19(15)24)26-13-8-9-14-17(10-13)25-20(29)21(14,2)3/h4-10,26H,1,11-12H2,2-3H3,(H,25,29). The van der Waals surface area contributed by atoms with Crippen molar-refractivity contribution in [3.05, 3.63) is 70.2 Å². The third-order valence-electron chi connectivity index (χ3n) is 5.77. The lowest BCUT2D eigenvalue weighted by atomic mass is 9.81. The fourth-order valence-electron chi connectivity index (χ4n) is 4.03. The second-order valence-electron chi connectivity index (χ2n) is 8.05. The number of benzene rings is 2. The molecule has 2 heterocycles. The molecule has 0 atom stereocenters. The molecule has 0 aromatic heterocycles. The molecule has 1 fully saturated rings. The highest BCUT2D eigenvalue weighted by atomic mass is 35.5. The van der Waals surface area contributed by atoms with Crippen molar-refractivity contribution in [2.75, 3.05) is 23.7 Å². The maximum atomic E-state index is 12.3. The Morgan fingerprint density at radius 2 is 1.93 bits per heavy atom. The molecule has 2 aliphatic heterocycles. The van der Waals surface area contributed by atoms with Crippen LogP contribution in [0, 0.1) is 0 Å². The zero-order valence-corrected chi connectivity index (χ0v) is 17.7. The van der Waals surface area contributed by atoms with Gasteiger partial charge in [0.25, 0.3) is 0 Å². The summed E-state index contributed by atoms with van der Waals surface area (Å²) in [5, 5.41) is 7.40. The van der Waals surface area contributed by atoms with Crippen LogP contribution in [-0.2, 0) is 20.5 Å². The van der Waals surface area contributed by atoms with Gasteiger partial charge < -0.3 is 15.5 Å². The lowest BCUT2D eigenvalue weighted by Gasteiger charge is -2.51. The van der Waals surface area contributed by atoms with Gasteiger partial charge in [-0.25, -0.2) is 0 Å². The minimum absolute atomic E-state index is 0.0244. The number of likely N-dealkylation sites (tertiary alicyclic amines) is 1. The highest BCUT2D eigenvalue weighted by Crippen LogP contribution is 2.43. The largest absolute Gasteiger partial charge is 0.372 e. The SMILES string of the molecule is C=CC(=O)N1CC(Nc2ccc3c(c2)NC(=O)C3(C)C)(c2cccc(Cl)c2Cl)C1. The second kappa shape index (κ2) is 6.78. The molecule has 0 spiro atoms. The van der Waals surface area contributed by atoms with Gasteiger partial charge in [-0.3, -0.25) is 9.59 Å². The van der Waals surface area contributed by atoms with Gasteiger partial charge >= 0.3 is 0 Å². The Labute approximate surface area is 179 Å². The third kappa shape index (κ3) is 3.09. The van der Waals surface area contributed by atoms with Crippen molar-refractivity contribution in [3.8, 4) is 0 Å². The lowest BCUT2D eigenvalue weighted by Crippen LogP contribution is -2.64. The summed E-state index contributed by atoms with van der Waals surface area (Å²) in [5.74, 6) is -0.160. The highest BCUT2D eigenvalue weighted by molar-refractivity contribution is 6.42. The molecule has 2 N–H and O–H groups in total. The molecule has 29 heavy (non-hydrogen) atoms. The molecule has 2 aromatic rings. The summed E-state index contributed by atoms with van der Waals surface area (Å²) in [6, 6.07) is 11.3. The van der Waals surface area contributed by atoms with Gasteiger partial charge in [0.15, 0.2) is 0 Å². The van der Waals surface area contributed by atoms with E-state index in [0.717, 1.165) is 22.5 Å². The van der Waals surface area contributed by atoms with Crippen LogP contribution >= 0.6 is 23.2 Å². The fraction of sp³-hybridized carbons (Fsp3) is 0.273. The summed E-state index contributed by atoms with van der Waals surface area (Å²) in [6.07, 6.45) is 1.30. The van der Waals surface area contributed by atoms with Crippen LogP contribution in [-0.4, -0.2) is 29.8 Å². The summed E-state index contributed by atoms with van der Waals surface area (Å²) in [6.45, 7) is 8.21. The number of carbonyl (C=O) groups excluding carboxylic acids is 2. The molecule has 2 amide bonds. The average molecular weight is 430 g/mol. The molecule has 0 radical (unpaired) electrons. The first-order chi connectivity index (χ1) is 13.7. The van der Waals surface area contributed by atoms with Crippen LogP contribution in [0.2, 0.25) is 10.0 Å². The summed E-state index contributed by atoms with van der Waals surface area (Å²) in [4.78, 5) is 26.0. The van der Waals surface area contributed by atoms with Crippen molar-refractivity contribution < 1.29 is 9.59 Å². The van der Waals surface area contributed by atoms with E-state index in [2.05, 4.69) is 17.2 Å². The molecule has 4 rings (SSSR count). The summed E-state index contributed by atoms with van der Waals surface area (Å²) >= 11 is 12.8. The Kier molecular flexibility index (Phi) is 4.63. The molecule has 0 saturated carbocycles. The van der Waals surface area contributed by atoms with E-state index in [-0.39, 0.29) is 11.8 Å². The predicted molar refractivity (Wildman–Crippen MR) is 117 cm³/mol. The average Bonchev–Trinajstić information content (AvgIpc) is 2.88. The topological polar surface area (TPSA) is 61.4 Å². The molecule has 5 nitrogen and oxygen atoms in total. The van der Waals surface area contributed by atoms with Gasteiger partial charge in [0.1, 0.15) is 0 Å². The number of rotatable bonds is 4. The quantitative estimate of drug-likeness (QED) is 0.700. The maximum absolute atomic E-state index is 12.3. The zero-order chi connectivity index (χ0) is 21.0. The number of amides is 2. The minimum Gasteiger partial charge on any atom is -0.372 e. The van der Waals surface area contributed by atoms with E-state index in [9.17, 15) is 9.59 Å². The maximum Gasteiger partial charge on any atom is 0.246 e. The molecule has 2 aliphatic rings. The first-order valence-electron chi connectivity index (χ1n) is 9.28. The van der Waals surface area contributed by atoms with E-state index in [4.69, 9.17) is 23.2 Å². The monoisotopic (exact) mass is 429 g/mol. The number of anilines is 2. The van der Waals surface area contributed by atoms with Crippen molar-refractivity contribution in [2.24, 2.45) is 0 Å². The Morgan fingerprint density at radius 1 is 1.21 bits per heavy atom. The summed E-state index contributed by atoms with van der Waals surface area (Å²) < 4.78 is 0. The highest BCUT2D eigenvalue weighted by Gasteiger charge is 2.48. The van der Waals surface area contributed by atoms with E-state index in [1.165, 1.54) is 6.08 Å². The van der Waals surface area contributed by atoms with Crippen LogP contribution in [0.1, 0.15) is 25.0 Å². The van der Waals surface area contributed by atoms with Crippen LogP contribution in [0.15, 0.2) is 49.1 Å². The third-order valence-corrected chi connectivity index (χ3v) is 6.59. The molecule has 0 bridgehead atoms. The molecule has 0 aliphatic carbocycles. The van der Waals surface area contributed by atoms with Crippen LogP contribution in [0.3, 0.4) is 0 Å². The Balaban J connectivity index is 1.70. The van der Waals surface area contributed by atoms with Gasteiger partial charge in [-0.05, 0) is 43.7 Å². The molecule has 150 valence electrons. The smallest absolute Gasteiger partial charge is 0.246 e. The molecule has 7 heteroatoms. The van der Waals surface area contributed by atoms with Crippen LogP contribution in [0.25, 0.3) is 0 Å². The van der Waals surface area contributed by atoms with Gasteiger partial charge in [-0.15, -0.1) is 0 Å². The number of hydrogen-bond acceptors (Lipinski definition) is 3. The number of carbonyl (C=O) groups is 2. The van der Waals surface area contributed by atoms with Crippen molar-refractivity contribution >= 4 is 46.4 Å². The van der Waals surface area contributed by atoms with Crippen LogP contribution < -0.4 is 10.6 Å². The zero-order valence-electron chi connectivity index (χ0n) is 16.2. The number of hydrogen-bond donors (Lipinski definition) is 2. The van der Waals surface area contributed by atoms with Gasteiger partial charge in [-0.1, -0.05) is 48.0 Å². The number of fused-ring (bicyclic) bond motifs is 1. The van der Waals surface area contributed by atoms with Crippen LogP contribution in [0.4, 0.5) is 11.4 Å². The Bertz CT molecular complexity index is 1040. The Hall–Kier alpha value is -2.50. The van der Waals surface area contributed by atoms with Crippen molar-refractivity contribution in [2.45, 2.75) is 24.8 Å². The molecule has 0 unspecified atom stereocenters. The van der Waals surface area contributed by atoms with E-state index in [1.54, 1.807) is 11.0 Å². The first-order valence-corrected chi connectivity index (χ1v) is 10.0. The van der Waals surface area contributed by atoms with Crippen molar-refractivity contribution in [1.82, 2.24) is 4.90 Å². The van der Waals surface area contributed by atoms with E-state index >= 15 is 0 Å². The molecule has 2 aromatic carbocycles. The summed E-state index contributed by atoms with van der Waals surface area (Å²) in [7, 11) is 0. The van der Waals surface area contributed by atoms with Gasteiger partial charge in [-0.2, -0.15) is 0 Å². The van der Waals surface area contributed by atoms with Crippen LogP contribution in [0.5, 0.6) is 0 Å². The number of halogens is 2. The first kappa shape index (κ1) is 19.8. The lowest BCUT2D eigenvalue weighted by molar-refractivity contribution is -0.132. The van der Waals surface area contributed by atoms with Crippen molar-refractivity contribution in [1.29, 1.82) is 0 Å². The predicted octanol–water partition coefficient (Wildman–Crippen LogP) is 4.56. The van der Waals surface area contributed by atoms with Gasteiger partial charge in [0.2, 0.25) is 11.8 Å². The fourth-order valence-corrected chi connectivity index (χ4v) is 4.51. The summed E-state index contributed by atoms with van der Waals surface area (Å²) in [5.41, 5.74) is 2.24. The van der Waals surface area contributed by atoms with Crippen molar-refractivity contribution in [3.63, 3.8) is 0 Å². The number of nitrogens with one attached hydrogen (secondary N) is 2. The van der Waals surface area contributed by atoms with Gasteiger partial charge in [0.05, 0.1) is 34.1 Å². The molecular weight excluding hydrogens is 409 g/mol. The molecule has 1 saturated heterocycles. The van der Waals surface area contributed by atoms with E-state index < -0.39 is 11.0 Å². The van der Waals surface area contributed by atoms with Gasteiger partial charge in [0, 0.05) is 16.9 Å². The Morgan fingerprint density at radius 3 is 2.62 bits per heavy atom. The normalized spacial score (nSPS) is 18.5.